The van der Waals surface area contributed by atoms with Crippen molar-refractivity contribution in [1.29, 1.82) is 0 Å². The van der Waals surface area contributed by atoms with Crippen molar-refractivity contribution in [3.05, 3.63) is 41.6 Å². The van der Waals surface area contributed by atoms with Gasteiger partial charge in [0.05, 0.1) is 10.8 Å². The van der Waals surface area contributed by atoms with Crippen LogP contribution in [0, 0.1) is 18.8 Å². The fourth-order valence-electron chi connectivity index (χ4n) is 3.96. The maximum absolute atomic E-state index is 13.3. The Labute approximate surface area is 161 Å². The van der Waals surface area contributed by atoms with Gasteiger partial charge < -0.3 is 0 Å². The van der Waals surface area contributed by atoms with Gasteiger partial charge in [0.25, 0.3) is 10.0 Å². The summed E-state index contributed by atoms with van der Waals surface area (Å²) in [6.07, 6.45) is 6.59. The van der Waals surface area contributed by atoms with E-state index in [1.807, 2.05) is 25.1 Å². The lowest BCUT2D eigenvalue weighted by Crippen LogP contribution is -2.35. The molecular weight excluding hydrogens is 370 g/mol. The molecule has 0 radical (unpaired) electrons. The Balaban J connectivity index is 2.02. The number of benzene rings is 1. The number of Topliss-reactive ketones (excluding diaryl/α,β-unsaturated/α-hetero) is 1. The second-order valence-electron chi connectivity index (χ2n) is 7.22. The average molecular weight is 396 g/mol. The number of unbranched alkanes of at least 4 members (excludes halogenated alkanes) is 1. The number of nitrogens with zero attached hydrogens (tertiary/aromatic N) is 1. The maximum Gasteiger partial charge on any atom is 0.264 e. The molecule has 26 heavy (non-hydrogen) atoms. The van der Waals surface area contributed by atoms with Crippen LogP contribution in [0.1, 0.15) is 44.1 Å². The third-order valence-electron chi connectivity index (χ3n) is 5.42. The van der Waals surface area contributed by atoms with Crippen LogP contribution in [0.4, 0.5) is 0 Å². The molecule has 2 unspecified atom stereocenters. The van der Waals surface area contributed by atoms with E-state index >= 15 is 0 Å². The standard InChI is InChI=1S/C20H26ClNO3S/c1-15-8-10-17(11-9-15)26(24,25)22-14-12-16-5-4-6-18(20(16)23)19(22)7-2-3-13-21/h7-11,16,18H,2-6,12-14H2,1H3/b19-7+. The highest BCUT2D eigenvalue weighted by Crippen LogP contribution is 2.39. The van der Waals surface area contributed by atoms with Crippen molar-refractivity contribution in [2.75, 3.05) is 12.4 Å². The molecule has 1 aliphatic heterocycles. The Hall–Kier alpha value is -1.33. The minimum atomic E-state index is -3.67. The molecule has 1 aromatic carbocycles. The number of fused-ring (bicyclic) bond motifs is 2. The van der Waals surface area contributed by atoms with E-state index in [1.165, 1.54) is 4.31 Å². The van der Waals surface area contributed by atoms with Crippen LogP contribution in [-0.2, 0) is 14.8 Å². The molecule has 0 spiro atoms. The zero-order valence-electron chi connectivity index (χ0n) is 15.2. The largest absolute Gasteiger partial charge is 0.299 e. The van der Waals surface area contributed by atoms with Gasteiger partial charge in [-0.1, -0.05) is 30.2 Å². The molecule has 3 rings (SSSR count). The molecule has 2 aliphatic rings. The molecular formula is C20H26ClNO3S. The molecule has 2 fully saturated rings. The second kappa shape index (κ2) is 8.13. The minimum absolute atomic E-state index is 0.0107. The predicted molar refractivity (Wildman–Crippen MR) is 104 cm³/mol. The number of hydrogen-bond donors (Lipinski definition) is 0. The van der Waals surface area contributed by atoms with Crippen molar-refractivity contribution >= 4 is 27.4 Å². The minimum Gasteiger partial charge on any atom is -0.299 e. The molecule has 4 nitrogen and oxygen atoms in total. The summed E-state index contributed by atoms with van der Waals surface area (Å²) in [6, 6.07) is 6.93. The fraction of sp³-hybridized carbons (Fsp3) is 0.550. The van der Waals surface area contributed by atoms with Gasteiger partial charge in [-0.3, -0.25) is 9.10 Å². The number of alkyl halides is 1. The zero-order chi connectivity index (χ0) is 18.7. The lowest BCUT2D eigenvalue weighted by molar-refractivity contribution is -0.127. The molecule has 1 heterocycles. The summed E-state index contributed by atoms with van der Waals surface area (Å²) in [6.45, 7) is 2.30. The van der Waals surface area contributed by atoms with E-state index < -0.39 is 10.0 Å². The highest BCUT2D eigenvalue weighted by molar-refractivity contribution is 7.89. The van der Waals surface area contributed by atoms with Crippen molar-refractivity contribution in [2.24, 2.45) is 11.8 Å². The van der Waals surface area contributed by atoms with E-state index in [0.717, 1.165) is 31.2 Å². The number of carbonyl (C=O) groups is 1. The quantitative estimate of drug-likeness (QED) is 0.552. The SMILES string of the molecule is Cc1ccc(S(=O)(=O)N2CCC3CCCC(C3=O)/C2=C\CCCCl)cc1. The molecule has 1 aliphatic carbocycles. The van der Waals surface area contributed by atoms with Crippen molar-refractivity contribution < 1.29 is 13.2 Å². The van der Waals surface area contributed by atoms with Crippen LogP contribution in [0.3, 0.4) is 0 Å². The summed E-state index contributed by atoms with van der Waals surface area (Å²) in [7, 11) is -3.67. The summed E-state index contributed by atoms with van der Waals surface area (Å²) < 4.78 is 28.2. The molecule has 0 amide bonds. The summed E-state index contributed by atoms with van der Waals surface area (Å²) in [5.41, 5.74) is 1.69. The van der Waals surface area contributed by atoms with E-state index in [0.29, 0.717) is 31.0 Å². The van der Waals surface area contributed by atoms with Gasteiger partial charge in [0.2, 0.25) is 0 Å². The van der Waals surface area contributed by atoms with Crippen molar-refractivity contribution in [2.45, 2.75) is 50.3 Å². The van der Waals surface area contributed by atoms with Crippen LogP contribution in [0.15, 0.2) is 40.9 Å². The Morgan fingerprint density at radius 2 is 1.92 bits per heavy atom. The number of rotatable bonds is 5. The van der Waals surface area contributed by atoms with E-state index in [4.69, 9.17) is 11.6 Å². The highest BCUT2D eigenvalue weighted by Gasteiger charge is 2.41. The van der Waals surface area contributed by atoms with Gasteiger partial charge in [0, 0.05) is 24.0 Å². The highest BCUT2D eigenvalue weighted by atomic mass is 35.5. The van der Waals surface area contributed by atoms with Crippen LogP contribution in [0.2, 0.25) is 0 Å². The smallest absolute Gasteiger partial charge is 0.264 e. The van der Waals surface area contributed by atoms with E-state index in [2.05, 4.69) is 0 Å². The van der Waals surface area contributed by atoms with E-state index in [1.54, 1.807) is 12.1 Å². The Morgan fingerprint density at radius 1 is 1.19 bits per heavy atom. The van der Waals surface area contributed by atoms with Gasteiger partial charge in [0.1, 0.15) is 5.78 Å². The van der Waals surface area contributed by atoms with Gasteiger partial charge in [0.15, 0.2) is 0 Å². The number of aryl methyl sites for hydroxylation is 1. The van der Waals surface area contributed by atoms with Crippen molar-refractivity contribution in [1.82, 2.24) is 4.31 Å². The predicted octanol–water partition coefficient (Wildman–Crippen LogP) is 4.28. The molecule has 2 bridgehead atoms. The first-order valence-electron chi connectivity index (χ1n) is 9.34. The Bertz CT molecular complexity index is 786. The van der Waals surface area contributed by atoms with E-state index in [9.17, 15) is 13.2 Å². The monoisotopic (exact) mass is 395 g/mol. The number of ketones is 1. The molecule has 0 N–H and O–H groups in total. The Morgan fingerprint density at radius 3 is 2.62 bits per heavy atom. The van der Waals surface area contributed by atoms with Crippen LogP contribution < -0.4 is 0 Å². The summed E-state index contributed by atoms with van der Waals surface area (Å²) >= 11 is 5.79. The van der Waals surface area contributed by atoms with E-state index in [-0.39, 0.29) is 22.5 Å². The average Bonchev–Trinajstić information content (AvgIpc) is 2.69. The molecule has 1 saturated carbocycles. The van der Waals surface area contributed by atoms with Gasteiger partial charge in [-0.05, 0) is 51.2 Å². The molecule has 2 atom stereocenters. The first-order valence-corrected chi connectivity index (χ1v) is 11.3. The van der Waals surface area contributed by atoms with Gasteiger partial charge >= 0.3 is 0 Å². The van der Waals surface area contributed by atoms with Crippen LogP contribution in [0.25, 0.3) is 0 Å². The molecule has 1 aromatic rings. The summed E-state index contributed by atoms with van der Waals surface area (Å²) in [4.78, 5) is 13.1. The molecule has 6 heteroatoms. The third kappa shape index (κ3) is 3.84. The van der Waals surface area contributed by atoms with Crippen LogP contribution >= 0.6 is 11.6 Å². The molecule has 142 valence electrons. The lowest BCUT2D eigenvalue weighted by atomic mass is 9.78. The number of sulfonamides is 1. The van der Waals surface area contributed by atoms with Crippen LogP contribution in [-0.4, -0.2) is 30.9 Å². The fourth-order valence-corrected chi connectivity index (χ4v) is 5.68. The summed E-state index contributed by atoms with van der Waals surface area (Å²) in [5, 5.41) is 0. The number of hydrogen-bond acceptors (Lipinski definition) is 3. The zero-order valence-corrected chi connectivity index (χ0v) is 16.7. The first-order chi connectivity index (χ1) is 12.4. The number of carbonyl (C=O) groups excluding carboxylic acids is 1. The number of allylic oxidation sites excluding steroid dienone is 2. The van der Waals surface area contributed by atoms with Crippen molar-refractivity contribution in [3.63, 3.8) is 0 Å². The topological polar surface area (TPSA) is 54.5 Å². The second-order valence-corrected chi connectivity index (χ2v) is 9.46. The van der Waals surface area contributed by atoms with Gasteiger partial charge in [-0.15, -0.1) is 11.6 Å². The molecule has 0 aromatic heterocycles. The van der Waals surface area contributed by atoms with Gasteiger partial charge in [-0.25, -0.2) is 8.42 Å². The summed E-state index contributed by atoms with van der Waals surface area (Å²) in [5.74, 6) is 0.431. The first kappa shape index (κ1) is 19.4. The lowest BCUT2D eigenvalue weighted by Gasteiger charge is -2.30. The molecule has 1 saturated heterocycles. The van der Waals surface area contributed by atoms with Crippen LogP contribution in [0.5, 0.6) is 0 Å². The normalized spacial score (nSPS) is 25.4. The Kier molecular flexibility index (Phi) is 6.08. The van der Waals surface area contributed by atoms with Gasteiger partial charge in [-0.2, -0.15) is 0 Å². The number of halogens is 1. The maximum atomic E-state index is 13.3. The third-order valence-corrected chi connectivity index (χ3v) is 7.53. The van der Waals surface area contributed by atoms with Crippen molar-refractivity contribution in [3.8, 4) is 0 Å².